The molecule has 0 bridgehead atoms. The fraction of sp³-hybridized carbons (Fsp3) is 0. The Bertz CT molecular complexity index is 2480. The molecule has 0 saturated carbocycles. The molecule has 0 spiro atoms. The van der Waals surface area contributed by atoms with Crippen LogP contribution in [0.15, 0.2) is 195 Å². The summed E-state index contributed by atoms with van der Waals surface area (Å²) in [5.74, 6) is 0. The van der Waals surface area contributed by atoms with Crippen LogP contribution in [0.3, 0.4) is 0 Å². The second-order valence-corrected chi connectivity index (χ2v) is 12.1. The zero-order valence-electron chi connectivity index (χ0n) is 26.7. The van der Waals surface area contributed by atoms with E-state index >= 15 is 0 Å². The molecule has 0 aliphatic heterocycles. The first kappa shape index (κ1) is 29.2. The summed E-state index contributed by atoms with van der Waals surface area (Å²) in [6.07, 6.45) is 5.90. The van der Waals surface area contributed by atoms with Crippen molar-refractivity contribution >= 4 is 37.9 Å². The quantitative estimate of drug-likeness (QED) is 0.124. The average molecular weight is 611 g/mol. The van der Waals surface area contributed by atoms with Gasteiger partial charge in [0.15, 0.2) is 0 Å². The Kier molecular flexibility index (Phi) is 7.61. The Morgan fingerprint density at radius 2 is 0.729 bits per heavy atom. The molecule has 0 aromatic heterocycles. The third-order valence-electron chi connectivity index (χ3n) is 9.34. The molecule has 0 heterocycles. The molecule has 48 heavy (non-hydrogen) atoms. The van der Waals surface area contributed by atoms with E-state index in [0.717, 1.165) is 11.1 Å². The average Bonchev–Trinajstić information content (AvgIpc) is 3.16. The summed E-state index contributed by atoms with van der Waals surface area (Å²) in [7, 11) is 0. The van der Waals surface area contributed by atoms with Gasteiger partial charge in [-0.2, -0.15) is 0 Å². The highest BCUT2D eigenvalue weighted by Crippen LogP contribution is 2.52. The summed E-state index contributed by atoms with van der Waals surface area (Å²) in [5.41, 5.74) is 11.7. The fourth-order valence-electron chi connectivity index (χ4n) is 7.30. The molecule has 0 saturated heterocycles. The Labute approximate surface area is 282 Å². The van der Waals surface area contributed by atoms with Crippen LogP contribution in [0.25, 0.3) is 82.4 Å². The van der Waals surface area contributed by atoms with Crippen LogP contribution in [0.5, 0.6) is 0 Å². The van der Waals surface area contributed by atoms with E-state index < -0.39 is 0 Å². The monoisotopic (exact) mass is 610 g/mol. The maximum absolute atomic E-state index is 4.69. The van der Waals surface area contributed by atoms with Crippen LogP contribution < -0.4 is 0 Å². The lowest BCUT2D eigenvalue weighted by molar-refractivity contribution is 1.61. The molecule has 0 fully saturated rings. The minimum Gasteiger partial charge on any atom is -0.0991 e. The van der Waals surface area contributed by atoms with Crippen molar-refractivity contribution in [3.63, 3.8) is 0 Å². The zero-order chi connectivity index (χ0) is 32.5. The minimum atomic E-state index is 0.952. The van der Waals surface area contributed by atoms with Crippen LogP contribution >= 0.6 is 0 Å². The van der Waals surface area contributed by atoms with Gasteiger partial charge in [0.25, 0.3) is 0 Å². The molecular weight excluding hydrogens is 577 g/mol. The van der Waals surface area contributed by atoms with E-state index in [2.05, 4.69) is 176 Å². The maximum Gasteiger partial charge on any atom is -0.000139 e. The molecule has 0 aliphatic rings. The highest BCUT2D eigenvalue weighted by atomic mass is 14.3. The van der Waals surface area contributed by atoms with Crippen LogP contribution in [0.2, 0.25) is 0 Å². The molecule has 0 unspecified atom stereocenters. The zero-order valence-corrected chi connectivity index (χ0v) is 26.7. The first-order valence-corrected chi connectivity index (χ1v) is 16.4. The number of hydrogen-bond acceptors (Lipinski definition) is 0. The number of fused-ring (bicyclic) bond motifs is 3. The summed E-state index contributed by atoms with van der Waals surface area (Å²) in [5, 5.41) is 7.26. The SMILES string of the molecule is C=C/C=C\C(=C)c1c2ccccc2c(-c2ccccc2)c2c(-c3ccc(-c4ccccc4)cc3)c3ccccc3c(-c3ccccc3)c12. The highest BCUT2D eigenvalue weighted by Gasteiger charge is 2.25. The summed E-state index contributed by atoms with van der Waals surface area (Å²) in [6, 6.07) is 59.1. The van der Waals surface area contributed by atoms with Crippen LogP contribution in [0.1, 0.15) is 5.56 Å². The lowest BCUT2D eigenvalue weighted by atomic mass is 9.77. The van der Waals surface area contributed by atoms with Gasteiger partial charge in [0.05, 0.1) is 0 Å². The molecule has 0 nitrogen and oxygen atoms in total. The number of benzene rings is 8. The number of allylic oxidation sites excluding steroid dienone is 4. The maximum atomic E-state index is 4.69. The van der Waals surface area contributed by atoms with Gasteiger partial charge < -0.3 is 0 Å². The number of hydrogen-bond donors (Lipinski definition) is 0. The van der Waals surface area contributed by atoms with Crippen LogP contribution in [-0.4, -0.2) is 0 Å². The standard InChI is InChI=1S/C48H34/c1-3-4-18-33(2)43-39-25-14-15-26-40(39)45(37-23-12-7-13-24-37)48-46(38-31-29-35(30-32-38)34-19-8-5-9-20-34)42-28-17-16-27-41(42)44(47(43)48)36-21-10-6-11-22-36/h3-32H,1-2H2/b18-4-. The third-order valence-corrected chi connectivity index (χ3v) is 9.34. The first-order valence-electron chi connectivity index (χ1n) is 16.4. The van der Waals surface area contributed by atoms with E-state index in [9.17, 15) is 0 Å². The molecule has 8 rings (SSSR count). The molecule has 0 N–H and O–H groups in total. The molecule has 0 heteroatoms. The topological polar surface area (TPSA) is 0 Å². The van der Waals surface area contributed by atoms with Gasteiger partial charge in [0.2, 0.25) is 0 Å². The smallest absolute Gasteiger partial charge is 0.000139 e. The molecule has 226 valence electrons. The van der Waals surface area contributed by atoms with Gasteiger partial charge in [-0.05, 0) is 88.0 Å². The summed E-state index contributed by atoms with van der Waals surface area (Å²) < 4.78 is 0. The van der Waals surface area contributed by atoms with Crippen molar-refractivity contribution in [2.24, 2.45) is 0 Å². The Morgan fingerprint density at radius 1 is 0.375 bits per heavy atom. The van der Waals surface area contributed by atoms with E-state index in [1.165, 1.54) is 76.8 Å². The van der Waals surface area contributed by atoms with Gasteiger partial charge in [-0.25, -0.2) is 0 Å². The lowest BCUT2D eigenvalue weighted by Crippen LogP contribution is -1.98. The Balaban J connectivity index is 1.64. The van der Waals surface area contributed by atoms with Crippen molar-refractivity contribution in [1.82, 2.24) is 0 Å². The van der Waals surface area contributed by atoms with Gasteiger partial charge in [0.1, 0.15) is 0 Å². The molecular formula is C48H34. The Hall–Kier alpha value is -6.24. The lowest BCUT2D eigenvalue weighted by Gasteiger charge is -2.25. The van der Waals surface area contributed by atoms with Crippen molar-refractivity contribution in [3.05, 3.63) is 201 Å². The third kappa shape index (κ3) is 4.96. The van der Waals surface area contributed by atoms with E-state index in [0.29, 0.717) is 0 Å². The van der Waals surface area contributed by atoms with Gasteiger partial charge in [0, 0.05) is 0 Å². The summed E-state index contributed by atoms with van der Waals surface area (Å²) in [6.45, 7) is 8.66. The van der Waals surface area contributed by atoms with Crippen LogP contribution in [-0.2, 0) is 0 Å². The molecule has 0 amide bonds. The van der Waals surface area contributed by atoms with Crippen LogP contribution in [0.4, 0.5) is 0 Å². The van der Waals surface area contributed by atoms with Gasteiger partial charge >= 0.3 is 0 Å². The normalized spacial score (nSPS) is 11.4. The van der Waals surface area contributed by atoms with E-state index in [1.807, 2.05) is 12.2 Å². The van der Waals surface area contributed by atoms with E-state index in [1.54, 1.807) is 0 Å². The molecule has 0 atom stereocenters. The van der Waals surface area contributed by atoms with Gasteiger partial charge in [-0.15, -0.1) is 0 Å². The van der Waals surface area contributed by atoms with Crippen molar-refractivity contribution in [2.75, 3.05) is 0 Å². The largest absolute Gasteiger partial charge is 0.0991 e. The van der Waals surface area contributed by atoms with Crippen molar-refractivity contribution in [3.8, 4) is 44.5 Å². The van der Waals surface area contributed by atoms with Crippen molar-refractivity contribution in [1.29, 1.82) is 0 Å². The number of rotatable bonds is 7. The molecule has 8 aromatic rings. The van der Waals surface area contributed by atoms with Crippen molar-refractivity contribution < 1.29 is 0 Å². The second kappa shape index (κ2) is 12.5. The Morgan fingerprint density at radius 3 is 1.23 bits per heavy atom. The van der Waals surface area contributed by atoms with E-state index in [4.69, 9.17) is 6.58 Å². The molecule has 8 aromatic carbocycles. The van der Waals surface area contributed by atoms with E-state index in [-0.39, 0.29) is 0 Å². The fourth-order valence-corrected chi connectivity index (χ4v) is 7.30. The highest BCUT2D eigenvalue weighted by molar-refractivity contribution is 6.32. The summed E-state index contributed by atoms with van der Waals surface area (Å²) in [4.78, 5) is 0. The first-order chi connectivity index (χ1) is 23.7. The molecule has 0 radical (unpaired) electrons. The van der Waals surface area contributed by atoms with Gasteiger partial charge in [-0.1, -0.05) is 195 Å². The predicted molar refractivity (Wildman–Crippen MR) is 209 cm³/mol. The minimum absolute atomic E-state index is 0.952. The van der Waals surface area contributed by atoms with Crippen LogP contribution in [0, 0.1) is 0 Å². The predicted octanol–water partition coefficient (Wildman–Crippen LogP) is 13.6. The second-order valence-electron chi connectivity index (χ2n) is 12.1. The van der Waals surface area contributed by atoms with Crippen molar-refractivity contribution in [2.45, 2.75) is 0 Å². The molecule has 0 aliphatic carbocycles. The van der Waals surface area contributed by atoms with Gasteiger partial charge in [-0.3, -0.25) is 0 Å². The summed E-state index contributed by atoms with van der Waals surface area (Å²) >= 11 is 0.